The molecule has 1 saturated heterocycles. The molecule has 5 rings (SSSR count). The Morgan fingerprint density at radius 3 is 2.70 bits per heavy atom. The molecule has 0 aliphatic carbocycles. The van der Waals surface area contributed by atoms with E-state index in [-0.39, 0.29) is 0 Å². The minimum atomic E-state index is 0.371. The first kappa shape index (κ1) is 15.8. The third-order valence-electron chi connectivity index (χ3n) is 4.54. The third kappa shape index (κ3) is 3.08. The highest BCUT2D eigenvalue weighted by Crippen LogP contribution is 2.26. The fraction of sp³-hybridized carbons (Fsp3) is 0.222. The zero-order chi connectivity index (χ0) is 18.1. The van der Waals surface area contributed by atoms with Gasteiger partial charge in [0.05, 0.1) is 12.4 Å². The van der Waals surface area contributed by atoms with E-state index in [0.29, 0.717) is 23.0 Å². The number of hydrogen-bond donors (Lipinski definition) is 3. The first-order valence-corrected chi connectivity index (χ1v) is 8.80. The monoisotopic (exact) mass is 362 g/mol. The van der Waals surface area contributed by atoms with E-state index in [9.17, 15) is 0 Å². The summed E-state index contributed by atoms with van der Waals surface area (Å²) in [6.07, 6.45) is 4.72. The molecule has 0 amide bonds. The molecule has 136 valence electrons. The van der Waals surface area contributed by atoms with Gasteiger partial charge in [-0.2, -0.15) is 5.10 Å². The van der Waals surface area contributed by atoms with E-state index in [0.717, 1.165) is 37.4 Å². The largest absolute Gasteiger partial charge is 0.442 e. The Balaban J connectivity index is 1.44. The van der Waals surface area contributed by atoms with Crippen LogP contribution in [0.2, 0.25) is 0 Å². The Kier molecular flexibility index (Phi) is 3.91. The molecule has 1 aromatic carbocycles. The molecule has 1 fully saturated rings. The molecule has 0 atom stereocenters. The summed E-state index contributed by atoms with van der Waals surface area (Å²) in [4.78, 5) is 15.5. The van der Waals surface area contributed by atoms with E-state index < -0.39 is 0 Å². The highest BCUT2D eigenvalue weighted by molar-refractivity contribution is 5.88. The lowest BCUT2D eigenvalue weighted by Crippen LogP contribution is -2.43. The van der Waals surface area contributed by atoms with Gasteiger partial charge in [0.2, 0.25) is 5.82 Å². The molecule has 9 nitrogen and oxygen atoms in total. The summed E-state index contributed by atoms with van der Waals surface area (Å²) in [5.41, 5.74) is 3.58. The highest BCUT2D eigenvalue weighted by atomic mass is 16.3. The van der Waals surface area contributed by atoms with Crippen LogP contribution in [0, 0.1) is 0 Å². The van der Waals surface area contributed by atoms with Crippen LogP contribution in [0.3, 0.4) is 0 Å². The smallest absolute Gasteiger partial charge is 0.264 e. The molecule has 0 unspecified atom stereocenters. The van der Waals surface area contributed by atoms with Crippen molar-refractivity contribution in [2.75, 3.05) is 36.4 Å². The van der Waals surface area contributed by atoms with Crippen LogP contribution in [0.1, 0.15) is 0 Å². The molecule has 0 saturated carbocycles. The van der Waals surface area contributed by atoms with Crippen molar-refractivity contribution in [1.82, 2.24) is 30.5 Å². The van der Waals surface area contributed by atoms with Crippen molar-refractivity contribution in [3.05, 3.63) is 42.9 Å². The fourth-order valence-corrected chi connectivity index (χ4v) is 3.18. The summed E-state index contributed by atoms with van der Waals surface area (Å²) in [6.45, 7) is 4.07. The Hall–Kier alpha value is -3.46. The molecule has 3 N–H and O–H groups in total. The van der Waals surface area contributed by atoms with Crippen LogP contribution in [-0.4, -0.2) is 51.3 Å². The average molecular weight is 362 g/mol. The van der Waals surface area contributed by atoms with Gasteiger partial charge in [-0.3, -0.25) is 5.10 Å². The van der Waals surface area contributed by atoms with Crippen molar-refractivity contribution in [2.24, 2.45) is 0 Å². The Morgan fingerprint density at radius 1 is 1.07 bits per heavy atom. The maximum Gasteiger partial charge on any atom is 0.264 e. The number of H-pyrrole nitrogens is 1. The SMILES string of the molecule is c1coc(-c2nc(Nc3ccc(N4CCNCC4)cc3)c3[nH]ncc3n2)n1. The van der Waals surface area contributed by atoms with Crippen LogP contribution in [0.15, 0.2) is 47.3 Å². The first-order chi connectivity index (χ1) is 13.4. The van der Waals surface area contributed by atoms with Gasteiger partial charge in [0.25, 0.3) is 5.89 Å². The molecular formula is C18H18N8O. The summed E-state index contributed by atoms with van der Waals surface area (Å²) in [6, 6.07) is 8.33. The highest BCUT2D eigenvalue weighted by Gasteiger charge is 2.15. The van der Waals surface area contributed by atoms with Crippen LogP contribution in [0.25, 0.3) is 22.7 Å². The van der Waals surface area contributed by atoms with Crippen molar-refractivity contribution in [3.63, 3.8) is 0 Å². The Morgan fingerprint density at radius 2 is 1.93 bits per heavy atom. The first-order valence-electron chi connectivity index (χ1n) is 8.80. The van der Waals surface area contributed by atoms with E-state index in [1.165, 1.54) is 12.0 Å². The topological polar surface area (TPSA) is 108 Å². The van der Waals surface area contributed by atoms with Crippen molar-refractivity contribution >= 4 is 28.2 Å². The summed E-state index contributed by atoms with van der Waals surface area (Å²) < 4.78 is 5.33. The number of oxazole rings is 1. The van der Waals surface area contributed by atoms with Crippen molar-refractivity contribution < 1.29 is 4.42 Å². The van der Waals surface area contributed by atoms with Gasteiger partial charge in [0, 0.05) is 37.6 Å². The average Bonchev–Trinajstić information content (AvgIpc) is 3.41. The number of anilines is 3. The number of fused-ring (bicyclic) bond motifs is 1. The van der Waals surface area contributed by atoms with Gasteiger partial charge in [-0.15, -0.1) is 0 Å². The van der Waals surface area contributed by atoms with Crippen molar-refractivity contribution in [3.8, 4) is 11.7 Å². The van der Waals surface area contributed by atoms with E-state index in [1.54, 1.807) is 12.4 Å². The molecule has 1 aliphatic rings. The molecule has 0 bridgehead atoms. The Labute approximate surface area is 154 Å². The van der Waals surface area contributed by atoms with Gasteiger partial charge in [-0.1, -0.05) is 0 Å². The maximum absolute atomic E-state index is 5.33. The number of rotatable bonds is 4. The van der Waals surface area contributed by atoms with Gasteiger partial charge < -0.3 is 20.0 Å². The minimum Gasteiger partial charge on any atom is -0.442 e. The van der Waals surface area contributed by atoms with Crippen LogP contribution in [0.5, 0.6) is 0 Å². The molecule has 0 radical (unpaired) electrons. The van der Waals surface area contributed by atoms with Crippen LogP contribution in [0.4, 0.5) is 17.2 Å². The third-order valence-corrected chi connectivity index (χ3v) is 4.54. The van der Waals surface area contributed by atoms with Crippen LogP contribution >= 0.6 is 0 Å². The predicted octanol–water partition coefficient (Wildman–Crippen LogP) is 2.16. The molecule has 4 aromatic rings. The zero-order valence-electron chi connectivity index (χ0n) is 14.5. The zero-order valence-corrected chi connectivity index (χ0v) is 14.5. The summed E-state index contributed by atoms with van der Waals surface area (Å²) in [5, 5.41) is 13.7. The number of benzene rings is 1. The van der Waals surface area contributed by atoms with E-state index in [1.807, 2.05) is 12.1 Å². The van der Waals surface area contributed by atoms with Crippen LogP contribution in [-0.2, 0) is 0 Å². The van der Waals surface area contributed by atoms with Gasteiger partial charge >= 0.3 is 0 Å². The van der Waals surface area contributed by atoms with Gasteiger partial charge in [-0.05, 0) is 24.3 Å². The second kappa shape index (κ2) is 6.69. The quantitative estimate of drug-likeness (QED) is 0.507. The molecule has 0 spiro atoms. The summed E-state index contributed by atoms with van der Waals surface area (Å²) >= 11 is 0. The number of hydrogen-bond acceptors (Lipinski definition) is 8. The number of piperazine rings is 1. The van der Waals surface area contributed by atoms with E-state index in [2.05, 4.69) is 52.8 Å². The predicted molar refractivity (Wildman–Crippen MR) is 102 cm³/mol. The second-order valence-electron chi connectivity index (χ2n) is 6.27. The van der Waals surface area contributed by atoms with Gasteiger partial charge in [0.15, 0.2) is 5.82 Å². The van der Waals surface area contributed by atoms with Crippen molar-refractivity contribution in [1.29, 1.82) is 0 Å². The number of nitrogens with zero attached hydrogens (tertiary/aromatic N) is 5. The molecule has 9 heteroatoms. The van der Waals surface area contributed by atoms with Crippen molar-refractivity contribution in [2.45, 2.75) is 0 Å². The molecule has 27 heavy (non-hydrogen) atoms. The second-order valence-corrected chi connectivity index (χ2v) is 6.27. The molecular weight excluding hydrogens is 344 g/mol. The number of nitrogens with one attached hydrogen (secondary N) is 3. The lowest BCUT2D eigenvalue weighted by Gasteiger charge is -2.29. The maximum atomic E-state index is 5.33. The minimum absolute atomic E-state index is 0.371. The van der Waals surface area contributed by atoms with E-state index >= 15 is 0 Å². The van der Waals surface area contributed by atoms with E-state index in [4.69, 9.17) is 4.42 Å². The molecule has 3 aromatic heterocycles. The lowest BCUT2D eigenvalue weighted by molar-refractivity contribution is 0.569. The fourth-order valence-electron chi connectivity index (χ4n) is 3.18. The van der Waals surface area contributed by atoms with Gasteiger partial charge in [0.1, 0.15) is 17.3 Å². The number of aromatic amines is 1. The van der Waals surface area contributed by atoms with Crippen LogP contribution < -0.4 is 15.5 Å². The normalized spacial score (nSPS) is 14.6. The summed E-state index contributed by atoms with van der Waals surface area (Å²) in [5.74, 6) is 1.41. The Bertz CT molecular complexity index is 1040. The summed E-state index contributed by atoms with van der Waals surface area (Å²) in [7, 11) is 0. The number of aromatic nitrogens is 5. The standard InChI is InChI=1S/C18H18N8O/c1-3-13(26-8-5-19-6-9-26)4-2-12(1)22-16-15-14(11-21-25-15)23-17(24-16)18-20-7-10-27-18/h1-4,7,10-11,19H,5-6,8-9H2,(H,21,25)(H,22,23,24). The molecule has 1 aliphatic heterocycles. The van der Waals surface area contributed by atoms with Gasteiger partial charge in [-0.25, -0.2) is 15.0 Å². The molecule has 4 heterocycles. The lowest BCUT2D eigenvalue weighted by atomic mass is 10.2.